The summed E-state index contributed by atoms with van der Waals surface area (Å²) in [5.41, 5.74) is 1.25. The number of hydrogen-bond acceptors (Lipinski definition) is 3. The third kappa shape index (κ3) is 5.28. The van der Waals surface area contributed by atoms with Gasteiger partial charge >= 0.3 is 0 Å². The molecule has 3 heteroatoms. The Labute approximate surface area is 97.1 Å². The number of rotatable bonds is 7. The molecule has 1 rings (SSSR count). The summed E-state index contributed by atoms with van der Waals surface area (Å²) in [6.45, 7) is 8.75. The number of hydrogen-bond donors (Lipinski definition) is 1. The highest BCUT2D eigenvalue weighted by molar-refractivity contribution is 7.09. The molecule has 1 heterocycles. The second-order valence-corrected chi connectivity index (χ2v) is 5.21. The van der Waals surface area contributed by atoms with Crippen molar-refractivity contribution in [2.24, 2.45) is 5.92 Å². The molecule has 0 bridgehead atoms. The first kappa shape index (κ1) is 12.7. The van der Waals surface area contributed by atoms with Crippen molar-refractivity contribution >= 4 is 11.3 Å². The van der Waals surface area contributed by atoms with Gasteiger partial charge in [0.05, 0.1) is 10.7 Å². The summed E-state index contributed by atoms with van der Waals surface area (Å²) in [5, 5.41) is 6.82. The van der Waals surface area contributed by atoms with Gasteiger partial charge in [0, 0.05) is 18.3 Å². The topological polar surface area (TPSA) is 24.9 Å². The summed E-state index contributed by atoms with van der Waals surface area (Å²) < 4.78 is 0. The van der Waals surface area contributed by atoms with E-state index in [4.69, 9.17) is 0 Å². The van der Waals surface area contributed by atoms with Crippen molar-refractivity contribution in [1.29, 1.82) is 0 Å². The van der Waals surface area contributed by atoms with Gasteiger partial charge in [0.2, 0.25) is 0 Å². The lowest BCUT2D eigenvalue weighted by molar-refractivity contribution is 0.584. The van der Waals surface area contributed by atoms with Gasteiger partial charge in [-0.25, -0.2) is 4.98 Å². The molecule has 2 nitrogen and oxygen atoms in total. The Balaban J connectivity index is 2.29. The molecular formula is C12H22N2S. The number of thiazole rings is 1. The van der Waals surface area contributed by atoms with E-state index in [1.54, 1.807) is 0 Å². The fraction of sp³-hybridized carbons (Fsp3) is 0.750. The van der Waals surface area contributed by atoms with E-state index < -0.39 is 0 Å². The lowest BCUT2D eigenvalue weighted by atomic mass is 10.1. The number of aromatic nitrogens is 1. The third-order valence-corrected chi connectivity index (χ3v) is 3.30. The van der Waals surface area contributed by atoms with E-state index >= 15 is 0 Å². The van der Waals surface area contributed by atoms with E-state index in [1.807, 2.05) is 11.3 Å². The largest absolute Gasteiger partial charge is 0.317 e. The number of likely N-dealkylation sites (N-methyl/N-ethyl adjacent to an activating group) is 1. The third-order valence-electron chi connectivity index (χ3n) is 2.34. The molecule has 0 atom stereocenters. The Morgan fingerprint density at radius 2 is 2.20 bits per heavy atom. The van der Waals surface area contributed by atoms with Crippen LogP contribution in [-0.4, -0.2) is 18.1 Å². The van der Waals surface area contributed by atoms with E-state index in [0.29, 0.717) is 0 Å². The molecule has 0 unspecified atom stereocenters. The predicted molar refractivity (Wildman–Crippen MR) is 67.5 cm³/mol. The van der Waals surface area contributed by atoms with Crippen molar-refractivity contribution < 1.29 is 0 Å². The Kier molecular flexibility index (Phi) is 5.88. The van der Waals surface area contributed by atoms with Gasteiger partial charge in [0.15, 0.2) is 0 Å². The molecule has 1 N–H and O–H groups in total. The van der Waals surface area contributed by atoms with Crippen molar-refractivity contribution in [3.8, 4) is 0 Å². The minimum atomic E-state index is 0.777. The molecule has 0 aliphatic rings. The zero-order valence-corrected chi connectivity index (χ0v) is 10.9. The van der Waals surface area contributed by atoms with E-state index in [-0.39, 0.29) is 0 Å². The molecule has 0 spiro atoms. The number of aryl methyl sites for hydroxylation is 1. The van der Waals surface area contributed by atoms with Crippen LogP contribution in [0.5, 0.6) is 0 Å². The molecule has 1 aromatic rings. The van der Waals surface area contributed by atoms with Gasteiger partial charge in [-0.05, 0) is 25.3 Å². The summed E-state index contributed by atoms with van der Waals surface area (Å²) in [5.74, 6) is 0.777. The highest BCUT2D eigenvalue weighted by Gasteiger charge is 2.02. The van der Waals surface area contributed by atoms with Crippen molar-refractivity contribution in [3.63, 3.8) is 0 Å². The fourth-order valence-electron chi connectivity index (χ4n) is 1.38. The smallest absolute Gasteiger partial charge is 0.0928 e. The van der Waals surface area contributed by atoms with Gasteiger partial charge in [0.25, 0.3) is 0 Å². The summed E-state index contributed by atoms with van der Waals surface area (Å²) >= 11 is 1.81. The van der Waals surface area contributed by atoms with E-state index in [2.05, 4.69) is 36.5 Å². The molecule has 0 amide bonds. The molecule has 0 aromatic carbocycles. The second kappa shape index (κ2) is 6.96. The van der Waals surface area contributed by atoms with Crippen LogP contribution in [0.2, 0.25) is 0 Å². The van der Waals surface area contributed by atoms with Crippen LogP contribution in [0.15, 0.2) is 5.38 Å². The average molecular weight is 226 g/mol. The van der Waals surface area contributed by atoms with Crippen molar-refractivity contribution in [2.45, 2.75) is 40.0 Å². The van der Waals surface area contributed by atoms with E-state index in [9.17, 15) is 0 Å². The number of nitrogens with zero attached hydrogens (tertiary/aromatic N) is 1. The van der Waals surface area contributed by atoms with Crippen LogP contribution in [0.1, 0.15) is 37.9 Å². The van der Waals surface area contributed by atoms with Gasteiger partial charge in [0.1, 0.15) is 0 Å². The summed E-state index contributed by atoms with van der Waals surface area (Å²) in [7, 11) is 0. The molecule has 0 saturated heterocycles. The standard InChI is InChI=1S/C12H22N2S/c1-4-13-8-7-11-9-15-12(14-11)6-5-10(2)3/h9-10,13H,4-8H2,1-3H3. The maximum Gasteiger partial charge on any atom is 0.0928 e. The minimum Gasteiger partial charge on any atom is -0.317 e. The predicted octanol–water partition coefficient (Wildman–Crippen LogP) is 2.88. The van der Waals surface area contributed by atoms with E-state index in [1.165, 1.54) is 17.1 Å². The van der Waals surface area contributed by atoms with Gasteiger partial charge in [-0.1, -0.05) is 20.8 Å². The zero-order valence-electron chi connectivity index (χ0n) is 10.0. The summed E-state index contributed by atoms with van der Waals surface area (Å²) in [6.07, 6.45) is 3.45. The van der Waals surface area contributed by atoms with Gasteiger partial charge < -0.3 is 5.32 Å². The SMILES string of the molecule is CCNCCc1csc(CCC(C)C)n1. The lowest BCUT2D eigenvalue weighted by Gasteiger charge is -2.00. The Bertz CT molecular complexity index is 268. The lowest BCUT2D eigenvalue weighted by Crippen LogP contribution is -2.16. The monoisotopic (exact) mass is 226 g/mol. The van der Waals surface area contributed by atoms with Crippen LogP contribution < -0.4 is 5.32 Å². The van der Waals surface area contributed by atoms with Crippen LogP contribution in [0.25, 0.3) is 0 Å². The Hall–Kier alpha value is -0.410. The van der Waals surface area contributed by atoms with Crippen LogP contribution in [0.4, 0.5) is 0 Å². The number of nitrogens with one attached hydrogen (secondary N) is 1. The van der Waals surface area contributed by atoms with Gasteiger partial charge in [-0.15, -0.1) is 11.3 Å². The normalized spacial score (nSPS) is 11.2. The quantitative estimate of drug-likeness (QED) is 0.723. The molecule has 0 radical (unpaired) electrons. The summed E-state index contributed by atoms with van der Waals surface area (Å²) in [6, 6.07) is 0. The molecule has 0 aliphatic heterocycles. The molecular weight excluding hydrogens is 204 g/mol. The minimum absolute atomic E-state index is 0.777. The Morgan fingerprint density at radius 3 is 2.87 bits per heavy atom. The molecule has 0 saturated carbocycles. The molecule has 15 heavy (non-hydrogen) atoms. The average Bonchev–Trinajstić information content (AvgIpc) is 2.63. The van der Waals surface area contributed by atoms with Gasteiger partial charge in [-0.2, -0.15) is 0 Å². The summed E-state index contributed by atoms with van der Waals surface area (Å²) in [4.78, 5) is 4.63. The molecule has 86 valence electrons. The molecule has 0 aliphatic carbocycles. The van der Waals surface area contributed by atoms with E-state index in [0.717, 1.165) is 31.8 Å². The first-order valence-corrected chi connectivity index (χ1v) is 6.74. The van der Waals surface area contributed by atoms with Crippen LogP contribution in [-0.2, 0) is 12.8 Å². The van der Waals surface area contributed by atoms with Crippen molar-refractivity contribution in [1.82, 2.24) is 10.3 Å². The molecule has 1 aromatic heterocycles. The Morgan fingerprint density at radius 1 is 1.40 bits per heavy atom. The van der Waals surface area contributed by atoms with Crippen LogP contribution >= 0.6 is 11.3 Å². The van der Waals surface area contributed by atoms with Crippen LogP contribution in [0, 0.1) is 5.92 Å². The van der Waals surface area contributed by atoms with Gasteiger partial charge in [-0.3, -0.25) is 0 Å². The van der Waals surface area contributed by atoms with Crippen LogP contribution in [0.3, 0.4) is 0 Å². The highest BCUT2D eigenvalue weighted by Crippen LogP contribution is 2.14. The maximum atomic E-state index is 4.63. The first-order chi connectivity index (χ1) is 7.22. The molecule has 0 fully saturated rings. The first-order valence-electron chi connectivity index (χ1n) is 5.86. The van der Waals surface area contributed by atoms with Crippen molar-refractivity contribution in [3.05, 3.63) is 16.1 Å². The fourth-order valence-corrected chi connectivity index (χ4v) is 2.23. The highest BCUT2D eigenvalue weighted by atomic mass is 32.1. The maximum absolute atomic E-state index is 4.63. The zero-order chi connectivity index (χ0) is 11.1. The second-order valence-electron chi connectivity index (χ2n) is 4.27. The van der Waals surface area contributed by atoms with Crippen molar-refractivity contribution in [2.75, 3.05) is 13.1 Å².